The molecule has 2 aromatic rings. The Bertz CT molecular complexity index is 678. The van der Waals surface area contributed by atoms with Gasteiger partial charge in [0, 0.05) is 12.6 Å². The Labute approximate surface area is 110 Å². The molecular formula is C14H15N3O2. The van der Waals surface area contributed by atoms with Crippen LogP contribution >= 0.6 is 0 Å². The average Bonchev–Trinajstić information content (AvgIpc) is 2.86. The number of benzene rings is 1. The number of nitrogens with one attached hydrogen (secondary N) is 1. The predicted molar refractivity (Wildman–Crippen MR) is 70.1 cm³/mol. The number of phenols is 2. The van der Waals surface area contributed by atoms with Crippen molar-refractivity contribution in [3.8, 4) is 22.8 Å². The van der Waals surface area contributed by atoms with Crippen molar-refractivity contribution in [2.45, 2.75) is 18.9 Å². The third-order valence-electron chi connectivity index (χ3n) is 4.39. The minimum Gasteiger partial charge on any atom is -0.504 e. The molecule has 5 heteroatoms. The fourth-order valence-corrected chi connectivity index (χ4v) is 3.39. The third kappa shape index (κ3) is 1.30. The molecule has 0 spiro atoms. The molecule has 0 radical (unpaired) electrons. The van der Waals surface area contributed by atoms with Crippen LogP contribution in [0, 0.1) is 0 Å². The molecule has 1 aromatic carbocycles. The fourth-order valence-electron chi connectivity index (χ4n) is 3.39. The van der Waals surface area contributed by atoms with Crippen molar-refractivity contribution < 1.29 is 10.2 Å². The van der Waals surface area contributed by atoms with E-state index >= 15 is 0 Å². The Kier molecular flexibility index (Phi) is 2.01. The van der Waals surface area contributed by atoms with Crippen molar-refractivity contribution in [3.63, 3.8) is 0 Å². The molecule has 98 valence electrons. The van der Waals surface area contributed by atoms with Crippen molar-refractivity contribution in [1.82, 2.24) is 15.1 Å². The average molecular weight is 257 g/mol. The normalized spacial score (nSPS) is 21.0. The molecule has 0 saturated carbocycles. The van der Waals surface area contributed by atoms with Gasteiger partial charge in [0.05, 0.1) is 17.5 Å². The molecule has 1 aliphatic heterocycles. The molecule has 19 heavy (non-hydrogen) atoms. The highest BCUT2D eigenvalue weighted by molar-refractivity contribution is 5.80. The Morgan fingerprint density at radius 3 is 3.05 bits per heavy atom. The van der Waals surface area contributed by atoms with Crippen molar-refractivity contribution in [1.29, 1.82) is 0 Å². The first-order valence-electron chi connectivity index (χ1n) is 6.47. The number of aromatic amines is 1. The number of nitrogens with zero attached hydrogens (tertiary/aromatic N) is 2. The highest BCUT2D eigenvalue weighted by Crippen LogP contribution is 2.50. The predicted octanol–water partition coefficient (Wildman–Crippen LogP) is 1.57. The summed E-state index contributed by atoms with van der Waals surface area (Å²) < 4.78 is 0. The molecule has 4 rings (SSSR count). The Morgan fingerprint density at radius 2 is 2.21 bits per heavy atom. The molecular weight excluding hydrogens is 242 g/mol. The van der Waals surface area contributed by atoms with Gasteiger partial charge < -0.3 is 10.2 Å². The van der Waals surface area contributed by atoms with Crippen LogP contribution in [0.2, 0.25) is 0 Å². The maximum Gasteiger partial charge on any atom is 0.167 e. The first kappa shape index (κ1) is 10.9. The molecule has 1 aromatic heterocycles. The number of hydrogen-bond donors (Lipinski definition) is 3. The maximum absolute atomic E-state index is 10.2. The van der Waals surface area contributed by atoms with Gasteiger partial charge >= 0.3 is 0 Å². The van der Waals surface area contributed by atoms with Gasteiger partial charge in [-0.05, 0) is 42.6 Å². The summed E-state index contributed by atoms with van der Waals surface area (Å²) in [5.74, 6) is -0.0799. The number of aromatic hydroxyl groups is 2. The van der Waals surface area contributed by atoms with Crippen LogP contribution in [0.4, 0.5) is 0 Å². The summed E-state index contributed by atoms with van der Waals surface area (Å²) in [5, 5.41) is 27.2. The van der Waals surface area contributed by atoms with Crippen molar-refractivity contribution in [2.75, 3.05) is 13.6 Å². The molecule has 0 saturated heterocycles. The first-order valence-corrected chi connectivity index (χ1v) is 6.47. The van der Waals surface area contributed by atoms with E-state index in [1.54, 1.807) is 6.07 Å². The number of hydrogen-bond acceptors (Lipinski definition) is 4. The summed E-state index contributed by atoms with van der Waals surface area (Å²) >= 11 is 0. The van der Waals surface area contributed by atoms with Gasteiger partial charge in [0.25, 0.3) is 0 Å². The maximum atomic E-state index is 10.2. The van der Waals surface area contributed by atoms with Crippen LogP contribution in [0.15, 0.2) is 12.3 Å². The number of H-pyrrole nitrogens is 1. The quantitative estimate of drug-likeness (QED) is 0.626. The first-order chi connectivity index (χ1) is 9.16. The van der Waals surface area contributed by atoms with Gasteiger partial charge in [-0.2, -0.15) is 5.10 Å². The van der Waals surface area contributed by atoms with E-state index in [1.165, 1.54) is 0 Å². The van der Waals surface area contributed by atoms with Crippen LogP contribution < -0.4 is 0 Å². The van der Waals surface area contributed by atoms with Gasteiger partial charge in [0.2, 0.25) is 0 Å². The zero-order valence-corrected chi connectivity index (χ0v) is 10.6. The smallest absolute Gasteiger partial charge is 0.167 e. The summed E-state index contributed by atoms with van der Waals surface area (Å²) in [6.45, 7) is 0.967. The van der Waals surface area contributed by atoms with Gasteiger partial charge in [-0.15, -0.1) is 0 Å². The van der Waals surface area contributed by atoms with Gasteiger partial charge in [0.1, 0.15) is 0 Å². The number of likely N-dealkylation sites (N-methyl/N-ethyl adjacent to an activating group) is 1. The Hall–Kier alpha value is -2.01. The number of phenolic OH excluding ortho intramolecular Hbond substituents is 2. The van der Waals surface area contributed by atoms with Gasteiger partial charge in [-0.25, -0.2) is 0 Å². The topological polar surface area (TPSA) is 72.4 Å². The van der Waals surface area contributed by atoms with Crippen LogP contribution in [0.1, 0.15) is 22.7 Å². The van der Waals surface area contributed by atoms with E-state index in [-0.39, 0.29) is 17.5 Å². The molecule has 0 amide bonds. The van der Waals surface area contributed by atoms with Crippen LogP contribution in [-0.2, 0) is 12.8 Å². The molecule has 3 N–H and O–H groups in total. The molecule has 2 heterocycles. The van der Waals surface area contributed by atoms with Gasteiger partial charge in [-0.3, -0.25) is 10.00 Å². The van der Waals surface area contributed by atoms with E-state index in [2.05, 4.69) is 22.1 Å². The standard InChI is InChI=1S/C14H15N3O2/c1-17-3-2-7-5-10(18)14(19)12-11(7)9(17)4-8-6-15-16-13(8)12/h5-6,9,18-19H,2-4H2,1H3,(H,15,16). The third-order valence-corrected chi connectivity index (χ3v) is 4.39. The minimum atomic E-state index is -0.0421. The van der Waals surface area contributed by atoms with Crippen LogP contribution in [0.5, 0.6) is 11.5 Å². The number of fused-ring (bicyclic) bond motifs is 2. The largest absolute Gasteiger partial charge is 0.504 e. The summed E-state index contributed by atoms with van der Waals surface area (Å²) in [6.07, 6.45) is 3.60. The lowest BCUT2D eigenvalue weighted by molar-refractivity contribution is 0.227. The number of aromatic nitrogens is 2. The van der Waals surface area contributed by atoms with Crippen LogP contribution in [-0.4, -0.2) is 38.9 Å². The monoisotopic (exact) mass is 257 g/mol. The summed E-state index contributed by atoms with van der Waals surface area (Å²) in [7, 11) is 2.10. The van der Waals surface area contributed by atoms with E-state index in [0.717, 1.165) is 47.3 Å². The second-order valence-corrected chi connectivity index (χ2v) is 5.41. The summed E-state index contributed by atoms with van der Waals surface area (Å²) in [4.78, 5) is 2.30. The van der Waals surface area contributed by atoms with E-state index in [1.807, 2.05) is 6.20 Å². The molecule has 1 unspecified atom stereocenters. The van der Waals surface area contributed by atoms with E-state index in [4.69, 9.17) is 0 Å². The molecule has 0 bridgehead atoms. The molecule has 1 aliphatic carbocycles. The fraction of sp³-hybridized carbons (Fsp3) is 0.357. The van der Waals surface area contributed by atoms with Crippen LogP contribution in [0.3, 0.4) is 0 Å². The summed E-state index contributed by atoms with van der Waals surface area (Å²) in [5.41, 5.74) is 4.94. The van der Waals surface area contributed by atoms with Crippen molar-refractivity contribution in [3.05, 3.63) is 29.0 Å². The Balaban J connectivity index is 2.10. The SMILES string of the molecule is CN1CCc2cc(O)c(O)c3c2C1Cc1cn[nH]c1-3. The lowest BCUT2D eigenvalue weighted by Crippen LogP contribution is -2.35. The second-order valence-electron chi connectivity index (χ2n) is 5.41. The minimum absolute atomic E-state index is 0.0377. The van der Waals surface area contributed by atoms with Crippen molar-refractivity contribution in [2.24, 2.45) is 0 Å². The molecule has 5 nitrogen and oxygen atoms in total. The number of rotatable bonds is 0. The highest BCUT2D eigenvalue weighted by atomic mass is 16.3. The summed E-state index contributed by atoms with van der Waals surface area (Å²) in [6, 6.07) is 1.96. The lowest BCUT2D eigenvalue weighted by atomic mass is 9.79. The van der Waals surface area contributed by atoms with Crippen molar-refractivity contribution >= 4 is 0 Å². The van der Waals surface area contributed by atoms with E-state index in [9.17, 15) is 10.2 Å². The molecule has 2 aliphatic rings. The van der Waals surface area contributed by atoms with Crippen LogP contribution in [0.25, 0.3) is 11.3 Å². The zero-order chi connectivity index (χ0) is 13.1. The van der Waals surface area contributed by atoms with E-state index in [0.29, 0.717) is 0 Å². The lowest BCUT2D eigenvalue weighted by Gasteiger charge is -2.38. The van der Waals surface area contributed by atoms with Gasteiger partial charge in [0.15, 0.2) is 11.5 Å². The molecule has 0 fully saturated rings. The van der Waals surface area contributed by atoms with E-state index < -0.39 is 0 Å². The highest BCUT2D eigenvalue weighted by Gasteiger charge is 2.36. The van der Waals surface area contributed by atoms with Gasteiger partial charge in [-0.1, -0.05) is 0 Å². The Morgan fingerprint density at radius 1 is 1.37 bits per heavy atom. The second kappa shape index (κ2) is 3.51. The molecule has 1 atom stereocenters. The zero-order valence-electron chi connectivity index (χ0n) is 10.6.